The summed E-state index contributed by atoms with van der Waals surface area (Å²) in [5.74, 6) is 0.876. The van der Waals surface area contributed by atoms with Crippen LogP contribution in [0.25, 0.3) is 0 Å². The molecule has 0 spiro atoms. The van der Waals surface area contributed by atoms with Crippen molar-refractivity contribution in [1.82, 2.24) is 5.32 Å². The number of hydrogen-bond acceptors (Lipinski definition) is 2. The summed E-state index contributed by atoms with van der Waals surface area (Å²) in [6.45, 7) is 8.99. The van der Waals surface area contributed by atoms with Crippen LogP contribution < -0.4 is 5.32 Å². The molecule has 0 aromatic rings. The normalized spacial score (nSPS) is 22.5. The molecule has 1 aliphatic carbocycles. The van der Waals surface area contributed by atoms with Crippen LogP contribution in [0.5, 0.6) is 0 Å². The minimum absolute atomic E-state index is 0.0183. The van der Waals surface area contributed by atoms with Crippen molar-refractivity contribution in [2.24, 2.45) is 5.92 Å². The molecule has 0 aromatic heterocycles. The predicted octanol–water partition coefficient (Wildman–Crippen LogP) is 4.14. The van der Waals surface area contributed by atoms with E-state index in [2.05, 4.69) is 33.0 Å². The third-order valence-electron chi connectivity index (χ3n) is 4.50. The number of nitrogens with one attached hydrogen (secondary N) is 1. The van der Waals surface area contributed by atoms with E-state index in [-0.39, 0.29) is 5.60 Å². The van der Waals surface area contributed by atoms with Crippen LogP contribution in [0.2, 0.25) is 0 Å². The molecule has 2 atom stereocenters. The molecule has 0 aromatic carbocycles. The lowest BCUT2D eigenvalue weighted by atomic mass is 9.91. The Balaban J connectivity index is 2.35. The first-order valence-electron chi connectivity index (χ1n) is 7.76. The summed E-state index contributed by atoms with van der Waals surface area (Å²) in [4.78, 5) is 0. The van der Waals surface area contributed by atoms with Gasteiger partial charge in [-0.15, -0.1) is 0 Å². The zero-order valence-electron chi connectivity index (χ0n) is 13.1. The molecule has 1 aliphatic rings. The summed E-state index contributed by atoms with van der Waals surface area (Å²) in [6.07, 6.45) is 9.62. The average molecular weight is 255 g/mol. The fraction of sp³-hybridized carbons (Fsp3) is 1.00. The average Bonchev–Trinajstić information content (AvgIpc) is 2.56. The van der Waals surface area contributed by atoms with Crippen LogP contribution in [-0.4, -0.2) is 24.8 Å². The number of rotatable bonds is 6. The van der Waals surface area contributed by atoms with E-state index in [1.165, 1.54) is 38.5 Å². The molecule has 0 amide bonds. The molecule has 1 N–H and O–H groups in total. The Morgan fingerprint density at radius 1 is 1.11 bits per heavy atom. The molecule has 1 saturated carbocycles. The number of methoxy groups -OCH3 is 1. The lowest BCUT2D eigenvalue weighted by Gasteiger charge is -2.31. The van der Waals surface area contributed by atoms with Crippen molar-refractivity contribution in [3.63, 3.8) is 0 Å². The van der Waals surface area contributed by atoms with Crippen LogP contribution in [0.15, 0.2) is 0 Å². The van der Waals surface area contributed by atoms with Gasteiger partial charge in [0.2, 0.25) is 0 Å². The summed E-state index contributed by atoms with van der Waals surface area (Å²) in [5.41, 5.74) is -0.0183. The van der Waals surface area contributed by atoms with Crippen molar-refractivity contribution < 1.29 is 4.74 Å². The fourth-order valence-corrected chi connectivity index (χ4v) is 3.28. The van der Waals surface area contributed by atoms with E-state index < -0.39 is 0 Å². The first-order valence-corrected chi connectivity index (χ1v) is 7.76. The van der Waals surface area contributed by atoms with Crippen molar-refractivity contribution in [3.05, 3.63) is 0 Å². The standard InChI is InChI=1S/C16H33NO/c1-13(12-16(3,4)18-5)17-14(2)15-10-8-6-7-9-11-15/h13-15,17H,6-12H2,1-5H3/t13?,14-/m0/s1. The second-order valence-corrected chi connectivity index (χ2v) is 6.78. The Kier molecular flexibility index (Phi) is 6.65. The molecule has 0 heterocycles. The number of hydrogen-bond donors (Lipinski definition) is 1. The molecular weight excluding hydrogens is 222 g/mol. The molecule has 2 nitrogen and oxygen atoms in total. The van der Waals surface area contributed by atoms with Gasteiger partial charge >= 0.3 is 0 Å². The summed E-state index contributed by atoms with van der Waals surface area (Å²) < 4.78 is 5.52. The molecule has 18 heavy (non-hydrogen) atoms. The maximum Gasteiger partial charge on any atom is 0.0637 e. The van der Waals surface area contributed by atoms with E-state index in [1.807, 2.05) is 0 Å². The summed E-state index contributed by atoms with van der Waals surface area (Å²) in [7, 11) is 1.81. The molecule has 1 unspecified atom stereocenters. The second kappa shape index (κ2) is 7.49. The van der Waals surface area contributed by atoms with E-state index in [4.69, 9.17) is 4.74 Å². The van der Waals surface area contributed by atoms with E-state index in [0.29, 0.717) is 12.1 Å². The molecule has 0 saturated heterocycles. The largest absolute Gasteiger partial charge is 0.379 e. The molecular formula is C16H33NO. The van der Waals surface area contributed by atoms with Gasteiger partial charge in [-0.05, 0) is 52.9 Å². The first-order chi connectivity index (χ1) is 8.44. The molecule has 0 radical (unpaired) electrons. The van der Waals surface area contributed by atoms with Gasteiger partial charge in [0.25, 0.3) is 0 Å². The summed E-state index contributed by atoms with van der Waals surface area (Å²) >= 11 is 0. The van der Waals surface area contributed by atoms with Gasteiger partial charge in [-0.25, -0.2) is 0 Å². The SMILES string of the molecule is COC(C)(C)CC(C)N[C@@H](C)C1CCCCCC1. The highest BCUT2D eigenvalue weighted by atomic mass is 16.5. The molecule has 1 fully saturated rings. The smallest absolute Gasteiger partial charge is 0.0637 e. The van der Waals surface area contributed by atoms with Crippen molar-refractivity contribution >= 4 is 0 Å². The van der Waals surface area contributed by atoms with E-state index in [0.717, 1.165) is 12.3 Å². The second-order valence-electron chi connectivity index (χ2n) is 6.78. The summed E-state index contributed by atoms with van der Waals surface area (Å²) in [5, 5.41) is 3.79. The fourth-order valence-electron chi connectivity index (χ4n) is 3.28. The Labute approximate surface area is 114 Å². The van der Waals surface area contributed by atoms with E-state index >= 15 is 0 Å². The van der Waals surface area contributed by atoms with Crippen molar-refractivity contribution in [2.75, 3.05) is 7.11 Å². The molecule has 0 aliphatic heterocycles. The molecule has 1 rings (SSSR count). The van der Waals surface area contributed by atoms with Crippen LogP contribution in [0.3, 0.4) is 0 Å². The quantitative estimate of drug-likeness (QED) is 0.720. The van der Waals surface area contributed by atoms with Crippen LogP contribution in [-0.2, 0) is 4.74 Å². The Morgan fingerprint density at radius 2 is 1.67 bits per heavy atom. The summed E-state index contributed by atoms with van der Waals surface area (Å²) in [6, 6.07) is 1.17. The third-order valence-corrected chi connectivity index (χ3v) is 4.50. The molecule has 2 heteroatoms. The van der Waals surface area contributed by atoms with E-state index in [1.54, 1.807) is 7.11 Å². The minimum Gasteiger partial charge on any atom is -0.379 e. The van der Waals surface area contributed by atoms with Crippen molar-refractivity contribution in [1.29, 1.82) is 0 Å². The van der Waals surface area contributed by atoms with Crippen molar-refractivity contribution in [3.8, 4) is 0 Å². The van der Waals surface area contributed by atoms with Gasteiger partial charge < -0.3 is 10.1 Å². The van der Waals surface area contributed by atoms with Gasteiger partial charge in [0.15, 0.2) is 0 Å². The van der Waals surface area contributed by atoms with Crippen molar-refractivity contribution in [2.45, 2.75) is 90.3 Å². The first kappa shape index (κ1) is 16.0. The van der Waals surface area contributed by atoms with Crippen LogP contribution in [0.1, 0.15) is 72.6 Å². The minimum atomic E-state index is -0.0183. The highest BCUT2D eigenvalue weighted by Gasteiger charge is 2.24. The maximum atomic E-state index is 5.52. The number of ether oxygens (including phenoxy) is 1. The third kappa shape index (κ3) is 5.71. The lowest BCUT2D eigenvalue weighted by Crippen LogP contribution is -2.43. The van der Waals surface area contributed by atoms with E-state index in [9.17, 15) is 0 Å². The van der Waals surface area contributed by atoms with Crippen LogP contribution >= 0.6 is 0 Å². The zero-order valence-corrected chi connectivity index (χ0v) is 13.1. The maximum absolute atomic E-state index is 5.52. The molecule has 108 valence electrons. The molecule has 0 bridgehead atoms. The Bertz CT molecular complexity index is 219. The van der Waals surface area contributed by atoms with Gasteiger partial charge in [0.1, 0.15) is 0 Å². The lowest BCUT2D eigenvalue weighted by molar-refractivity contribution is 0.00715. The van der Waals surface area contributed by atoms with Gasteiger partial charge in [0, 0.05) is 19.2 Å². The topological polar surface area (TPSA) is 21.3 Å². The Hall–Kier alpha value is -0.0800. The van der Waals surface area contributed by atoms with Gasteiger partial charge in [-0.3, -0.25) is 0 Å². The monoisotopic (exact) mass is 255 g/mol. The Morgan fingerprint density at radius 3 is 2.17 bits per heavy atom. The zero-order chi connectivity index (χ0) is 13.6. The highest BCUT2D eigenvalue weighted by Crippen LogP contribution is 2.26. The highest BCUT2D eigenvalue weighted by molar-refractivity contribution is 4.81. The van der Waals surface area contributed by atoms with Gasteiger partial charge in [-0.1, -0.05) is 25.7 Å². The van der Waals surface area contributed by atoms with Crippen LogP contribution in [0, 0.1) is 5.92 Å². The van der Waals surface area contributed by atoms with Gasteiger partial charge in [-0.2, -0.15) is 0 Å². The van der Waals surface area contributed by atoms with Gasteiger partial charge in [0.05, 0.1) is 5.60 Å². The predicted molar refractivity (Wildman–Crippen MR) is 79.0 cm³/mol. The van der Waals surface area contributed by atoms with Crippen LogP contribution in [0.4, 0.5) is 0 Å².